The lowest BCUT2D eigenvalue weighted by atomic mass is 10.0. The van der Waals surface area contributed by atoms with Gasteiger partial charge in [-0.1, -0.05) is 6.07 Å². The van der Waals surface area contributed by atoms with Crippen molar-refractivity contribution in [2.45, 2.75) is 55.2 Å². The largest absolute Gasteiger partial charge is 0.488 e. The van der Waals surface area contributed by atoms with Gasteiger partial charge >= 0.3 is 0 Å². The molecule has 3 aromatic rings. The predicted molar refractivity (Wildman–Crippen MR) is 153 cm³/mol. The summed E-state index contributed by atoms with van der Waals surface area (Å²) in [5, 5.41) is 12.4. The molecule has 6 rings (SSSR count). The van der Waals surface area contributed by atoms with Crippen LogP contribution in [0, 0.1) is 23.0 Å². The second-order valence-corrected chi connectivity index (χ2v) is 12.0. The Balaban J connectivity index is 1.04. The Hall–Kier alpha value is -4.50. The Morgan fingerprint density at radius 1 is 1.07 bits per heavy atom. The molecule has 0 radical (unpaired) electrons. The number of halogens is 2. The number of nitrogens with zero attached hydrogens (tertiary/aromatic N) is 4. The fourth-order valence-corrected chi connectivity index (χ4v) is 6.72. The SMILES string of the molecule is N#Cc1ccc(N2CCC(Sc3ccc(COc4cc(F)cc5c4CN([C@@H]4CCC(=O)NC4=O)C5=O)cn3)CC2)c(F)c1. The fourth-order valence-electron chi connectivity index (χ4n) is 5.67. The summed E-state index contributed by atoms with van der Waals surface area (Å²) < 4.78 is 34.8. The van der Waals surface area contributed by atoms with Crippen molar-refractivity contribution in [1.29, 1.82) is 5.26 Å². The first-order valence-corrected chi connectivity index (χ1v) is 14.8. The molecule has 3 aliphatic rings. The van der Waals surface area contributed by atoms with Crippen molar-refractivity contribution in [3.8, 4) is 11.8 Å². The molecule has 12 heteroatoms. The number of nitriles is 1. The van der Waals surface area contributed by atoms with Crippen LogP contribution in [-0.4, -0.2) is 52.0 Å². The van der Waals surface area contributed by atoms with E-state index in [1.54, 1.807) is 30.1 Å². The third-order valence-electron chi connectivity index (χ3n) is 7.92. The smallest absolute Gasteiger partial charge is 0.255 e. The maximum Gasteiger partial charge on any atom is 0.255 e. The van der Waals surface area contributed by atoms with Crippen LogP contribution in [0.1, 0.15) is 52.7 Å². The number of benzene rings is 2. The lowest BCUT2D eigenvalue weighted by molar-refractivity contribution is -0.136. The highest BCUT2D eigenvalue weighted by molar-refractivity contribution is 7.99. The summed E-state index contributed by atoms with van der Waals surface area (Å²) in [4.78, 5) is 44.8. The molecule has 220 valence electrons. The van der Waals surface area contributed by atoms with Gasteiger partial charge in [0.1, 0.15) is 30.0 Å². The number of piperidine rings is 2. The van der Waals surface area contributed by atoms with Gasteiger partial charge in [0.25, 0.3) is 5.91 Å². The zero-order valence-electron chi connectivity index (χ0n) is 23.0. The van der Waals surface area contributed by atoms with Crippen molar-refractivity contribution >= 4 is 35.2 Å². The molecule has 0 aliphatic carbocycles. The molecule has 2 aromatic carbocycles. The number of aromatic nitrogens is 1. The number of hydrogen-bond acceptors (Lipinski definition) is 8. The molecule has 3 aliphatic heterocycles. The number of amides is 3. The van der Waals surface area contributed by atoms with Gasteiger partial charge in [0.05, 0.1) is 34.5 Å². The van der Waals surface area contributed by atoms with Gasteiger partial charge in [-0.15, -0.1) is 11.8 Å². The zero-order chi connectivity index (χ0) is 30.1. The molecule has 0 unspecified atom stereocenters. The van der Waals surface area contributed by atoms with Gasteiger partial charge in [0, 0.05) is 48.2 Å². The Morgan fingerprint density at radius 3 is 2.58 bits per heavy atom. The van der Waals surface area contributed by atoms with E-state index in [9.17, 15) is 23.2 Å². The van der Waals surface area contributed by atoms with Gasteiger partial charge in [0.2, 0.25) is 11.8 Å². The van der Waals surface area contributed by atoms with Crippen LogP contribution in [0.15, 0.2) is 53.7 Å². The predicted octanol–water partition coefficient (Wildman–Crippen LogP) is 4.33. The van der Waals surface area contributed by atoms with Gasteiger partial charge in [0.15, 0.2) is 0 Å². The summed E-state index contributed by atoms with van der Waals surface area (Å²) in [6, 6.07) is 11.9. The minimum atomic E-state index is -0.799. The Morgan fingerprint density at radius 2 is 1.88 bits per heavy atom. The highest BCUT2D eigenvalue weighted by Gasteiger charge is 2.40. The molecule has 1 aromatic heterocycles. The fraction of sp³-hybridized carbons (Fsp3) is 0.323. The van der Waals surface area contributed by atoms with Gasteiger partial charge in [-0.2, -0.15) is 5.26 Å². The van der Waals surface area contributed by atoms with Crippen LogP contribution in [0.2, 0.25) is 0 Å². The van der Waals surface area contributed by atoms with Crippen LogP contribution in [0.3, 0.4) is 0 Å². The van der Waals surface area contributed by atoms with Crippen molar-refractivity contribution in [2.75, 3.05) is 18.0 Å². The summed E-state index contributed by atoms with van der Waals surface area (Å²) in [6.07, 6.45) is 3.76. The van der Waals surface area contributed by atoms with E-state index in [1.807, 2.05) is 23.1 Å². The molecule has 1 atom stereocenters. The van der Waals surface area contributed by atoms with Gasteiger partial charge < -0.3 is 14.5 Å². The maximum atomic E-state index is 14.4. The van der Waals surface area contributed by atoms with E-state index >= 15 is 0 Å². The second-order valence-electron chi connectivity index (χ2n) is 10.7. The van der Waals surface area contributed by atoms with E-state index in [0.717, 1.165) is 29.5 Å². The molecule has 0 bridgehead atoms. The minimum Gasteiger partial charge on any atom is -0.488 e. The lowest BCUT2D eigenvalue weighted by Gasteiger charge is -2.33. The summed E-state index contributed by atoms with van der Waals surface area (Å²) in [6.45, 7) is 1.59. The van der Waals surface area contributed by atoms with E-state index in [2.05, 4.69) is 10.3 Å². The number of fused-ring (bicyclic) bond motifs is 1. The standard InChI is InChI=1S/C31H27F2N5O4S/c32-20-12-22-23(16-38(31(22)41)26-4-5-28(39)36-30(26)40)27(13-20)42-17-19-2-6-29(35-15-19)43-21-7-9-37(10-8-21)25-3-1-18(14-34)11-24(25)33/h1-3,6,11-13,15,21,26H,4-5,7-10,16-17H2,(H,36,39,40)/t26-/m1/s1. The Labute approximate surface area is 250 Å². The number of rotatable bonds is 7. The number of carbonyl (C=O) groups excluding carboxylic acids is 3. The number of hydrogen-bond donors (Lipinski definition) is 1. The highest BCUT2D eigenvalue weighted by atomic mass is 32.2. The highest BCUT2D eigenvalue weighted by Crippen LogP contribution is 2.36. The second kappa shape index (κ2) is 12.0. The van der Waals surface area contributed by atoms with Gasteiger partial charge in [-0.25, -0.2) is 13.8 Å². The first-order chi connectivity index (χ1) is 20.8. The molecule has 1 N–H and O–H groups in total. The number of nitrogens with one attached hydrogen (secondary N) is 1. The van der Waals surface area contributed by atoms with Crippen LogP contribution < -0.4 is 15.0 Å². The van der Waals surface area contributed by atoms with Crippen molar-refractivity contribution in [2.24, 2.45) is 0 Å². The number of imide groups is 1. The van der Waals surface area contributed by atoms with Crippen molar-refractivity contribution in [1.82, 2.24) is 15.2 Å². The normalized spacial score (nSPS) is 18.8. The summed E-state index contributed by atoms with van der Waals surface area (Å²) in [7, 11) is 0. The van der Waals surface area contributed by atoms with Gasteiger partial charge in [-0.05, 0) is 49.6 Å². The summed E-state index contributed by atoms with van der Waals surface area (Å²) in [5.41, 5.74) is 2.24. The number of carbonyl (C=O) groups is 3. The van der Waals surface area contributed by atoms with Crippen LogP contribution in [0.4, 0.5) is 14.5 Å². The maximum absolute atomic E-state index is 14.4. The summed E-state index contributed by atoms with van der Waals surface area (Å²) >= 11 is 1.67. The molecule has 43 heavy (non-hydrogen) atoms. The minimum absolute atomic E-state index is 0.0838. The third-order valence-corrected chi connectivity index (χ3v) is 9.21. The molecule has 4 heterocycles. The molecule has 0 spiro atoms. The van der Waals surface area contributed by atoms with Crippen LogP contribution in [0.5, 0.6) is 5.75 Å². The third kappa shape index (κ3) is 6.03. The van der Waals surface area contributed by atoms with E-state index < -0.39 is 23.7 Å². The van der Waals surface area contributed by atoms with Crippen LogP contribution in [0.25, 0.3) is 0 Å². The Bertz CT molecular complexity index is 1640. The molecule has 9 nitrogen and oxygen atoms in total. The topological polar surface area (TPSA) is 116 Å². The van der Waals surface area contributed by atoms with Crippen molar-refractivity contribution < 1.29 is 27.9 Å². The monoisotopic (exact) mass is 603 g/mol. The van der Waals surface area contributed by atoms with Crippen LogP contribution >= 0.6 is 11.8 Å². The molecule has 0 saturated carbocycles. The van der Waals surface area contributed by atoms with Gasteiger partial charge in [-0.3, -0.25) is 19.7 Å². The van der Waals surface area contributed by atoms with Crippen molar-refractivity contribution in [3.63, 3.8) is 0 Å². The zero-order valence-corrected chi connectivity index (χ0v) is 23.8. The number of ether oxygens (including phenoxy) is 1. The Kier molecular flexibility index (Phi) is 7.99. The first kappa shape index (κ1) is 28.6. The van der Waals surface area contributed by atoms with Crippen molar-refractivity contribution in [3.05, 3.63) is 82.5 Å². The van der Waals surface area contributed by atoms with Crippen LogP contribution in [-0.2, 0) is 22.7 Å². The van der Waals surface area contributed by atoms with E-state index in [0.29, 0.717) is 35.2 Å². The quantitative estimate of drug-likeness (QED) is 0.397. The van der Waals surface area contributed by atoms with E-state index in [-0.39, 0.29) is 49.0 Å². The average Bonchev–Trinajstić information content (AvgIpc) is 3.32. The molecular weight excluding hydrogens is 576 g/mol. The van der Waals surface area contributed by atoms with E-state index in [1.165, 1.54) is 17.0 Å². The molecule has 3 amide bonds. The molecule has 2 saturated heterocycles. The average molecular weight is 604 g/mol. The molecular formula is C31H27F2N5O4S. The lowest BCUT2D eigenvalue weighted by Crippen LogP contribution is -2.52. The molecule has 2 fully saturated rings. The summed E-state index contributed by atoms with van der Waals surface area (Å²) in [5.74, 6) is -2.15. The first-order valence-electron chi connectivity index (χ1n) is 13.9. The number of pyridine rings is 1. The number of thioether (sulfide) groups is 1. The van der Waals surface area contributed by atoms with E-state index in [4.69, 9.17) is 10.00 Å². The number of anilines is 1.